The summed E-state index contributed by atoms with van der Waals surface area (Å²) in [4.78, 5) is 3.78. The molecule has 2 aromatic rings. The van der Waals surface area contributed by atoms with Crippen LogP contribution < -0.4 is 5.32 Å². The van der Waals surface area contributed by atoms with E-state index in [0.717, 1.165) is 18.7 Å². The standard InChI is InChI=1S/C13H17FN4/c1-3-8-18-12(5-7-17-18)13(15-2)10-4-6-16-9-11(10)14/h4-7,9,13,15H,3,8H2,1-2H3. The molecule has 0 radical (unpaired) electrons. The summed E-state index contributed by atoms with van der Waals surface area (Å²) in [6.07, 6.45) is 5.57. The number of hydrogen-bond acceptors (Lipinski definition) is 3. The molecule has 0 aliphatic rings. The van der Waals surface area contributed by atoms with Crippen LogP contribution in [0, 0.1) is 5.82 Å². The van der Waals surface area contributed by atoms with Gasteiger partial charge in [-0.25, -0.2) is 4.39 Å². The largest absolute Gasteiger partial charge is 0.308 e. The van der Waals surface area contributed by atoms with Gasteiger partial charge in [0, 0.05) is 24.5 Å². The second kappa shape index (κ2) is 5.73. The summed E-state index contributed by atoms with van der Waals surface area (Å²) in [6.45, 7) is 2.92. The Hall–Kier alpha value is -1.75. The number of halogens is 1. The fourth-order valence-corrected chi connectivity index (χ4v) is 2.07. The van der Waals surface area contributed by atoms with Crippen molar-refractivity contribution in [2.24, 2.45) is 0 Å². The second-order valence-electron chi connectivity index (χ2n) is 4.10. The summed E-state index contributed by atoms with van der Waals surface area (Å²) in [5.41, 5.74) is 1.55. The number of pyridine rings is 1. The van der Waals surface area contributed by atoms with E-state index in [1.54, 1.807) is 18.5 Å². The molecule has 96 valence electrons. The molecule has 2 heterocycles. The van der Waals surface area contributed by atoms with Crippen molar-refractivity contribution >= 4 is 0 Å². The Morgan fingerprint density at radius 1 is 1.39 bits per heavy atom. The lowest BCUT2D eigenvalue weighted by Crippen LogP contribution is -2.22. The molecular weight excluding hydrogens is 231 g/mol. The van der Waals surface area contributed by atoms with Gasteiger partial charge in [-0.05, 0) is 25.6 Å². The first-order chi connectivity index (χ1) is 8.77. The van der Waals surface area contributed by atoms with Crippen LogP contribution in [-0.4, -0.2) is 21.8 Å². The van der Waals surface area contributed by atoms with E-state index in [1.165, 1.54) is 6.20 Å². The summed E-state index contributed by atoms with van der Waals surface area (Å²) in [6, 6.07) is 3.40. The van der Waals surface area contributed by atoms with Crippen molar-refractivity contribution in [3.05, 3.63) is 47.8 Å². The molecule has 0 amide bonds. The van der Waals surface area contributed by atoms with Crippen LogP contribution in [0.1, 0.15) is 30.6 Å². The van der Waals surface area contributed by atoms with Crippen molar-refractivity contribution in [1.29, 1.82) is 0 Å². The maximum atomic E-state index is 13.8. The highest BCUT2D eigenvalue weighted by atomic mass is 19.1. The minimum atomic E-state index is -0.305. The maximum absolute atomic E-state index is 13.8. The maximum Gasteiger partial charge on any atom is 0.146 e. The summed E-state index contributed by atoms with van der Waals surface area (Å²) in [5.74, 6) is -0.305. The van der Waals surface area contributed by atoms with Crippen LogP contribution in [0.2, 0.25) is 0 Å². The van der Waals surface area contributed by atoms with E-state index in [2.05, 4.69) is 22.3 Å². The molecule has 0 aliphatic carbocycles. The Labute approximate surface area is 106 Å². The SMILES string of the molecule is CCCn1nccc1C(NC)c1ccncc1F. The smallest absolute Gasteiger partial charge is 0.146 e. The predicted octanol–water partition coefficient (Wildman–Crippen LogP) is 2.14. The third-order valence-corrected chi connectivity index (χ3v) is 2.88. The van der Waals surface area contributed by atoms with Gasteiger partial charge in [0.1, 0.15) is 5.82 Å². The number of nitrogens with zero attached hydrogens (tertiary/aromatic N) is 3. The highest BCUT2D eigenvalue weighted by Crippen LogP contribution is 2.23. The van der Waals surface area contributed by atoms with Gasteiger partial charge in [0.15, 0.2) is 0 Å². The zero-order valence-corrected chi connectivity index (χ0v) is 10.6. The minimum Gasteiger partial charge on any atom is -0.308 e. The lowest BCUT2D eigenvalue weighted by Gasteiger charge is -2.18. The Kier molecular flexibility index (Phi) is 4.04. The van der Waals surface area contributed by atoms with E-state index in [9.17, 15) is 4.39 Å². The van der Waals surface area contributed by atoms with E-state index in [-0.39, 0.29) is 11.9 Å². The van der Waals surface area contributed by atoms with Crippen molar-refractivity contribution in [3.8, 4) is 0 Å². The van der Waals surface area contributed by atoms with Gasteiger partial charge >= 0.3 is 0 Å². The van der Waals surface area contributed by atoms with Crippen LogP contribution in [0.3, 0.4) is 0 Å². The van der Waals surface area contributed by atoms with Crippen molar-refractivity contribution in [2.75, 3.05) is 7.05 Å². The number of hydrogen-bond donors (Lipinski definition) is 1. The van der Waals surface area contributed by atoms with Gasteiger partial charge in [-0.15, -0.1) is 0 Å². The fraction of sp³-hybridized carbons (Fsp3) is 0.385. The van der Waals surface area contributed by atoms with Crippen LogP contribution in [0.25, 0.3) is 0 Å². The number of rotatable bonds is 5. The molecule has 0 aromatic carbocycles. The van der Waals surface area contributed by atoms with Gasteiger partial charge in [-0.1, -0.05) is 6.92 Å². The molecular formula is C13H17FN4. The van der Waals surface area contributed by atoms with Crippen LogP contribution in [-0.2, 0) is 6.54 Å². The van der Waals surface area contributed by atoms with E-state index >= 15 is 0 Å². The van der Waals surface area contributed by atoms with Gasteiger partial charge in [0.05, 0.1) is 17.9 Å². The Morgan fingerprint density at radius 2 is 2.22 bits per heavy atom. The second-order valence-corrected chi connectivity index (χ2v) is 4.10. The topological polar surface area (TPSA) is 42.7 Å². The fourth-order valence-electron chi connectivity index (χ4n) is 2.07. The molecule has 1 unspecified atom stereocenters. The first-order valence-corrected chi connectivity index (χ1v) is 6.06. The quantitative estimate of drug-likeness (QED) is 0.881. The highest BCUT2D eigenvalue weighted by Gasteiger charge is 2.19. The van der Waals surface area contributed by atoms with Crippen molar-refractivity contribution in [2.45, 2.75) is 25.9 Å². The molecule has 0 fully saturated rings. The van der Waals surface area contributed by atoms with E-state index < -0.39 is 0 Å². The van der Waals surface area contributed by atoms with Gasteiger partial charge in [-0.2, -0.15) is 5.10 Å². The van der Waals surface area contributed by atoms with Crippen molar-refractivity contribution < 1.29 is 4.39 Å². The predicted molar refractivity (Wildman–Crippen MR) is 67.6 cm³/mol. The van der Waals surface area contributed by atoms with Crippen molar-refractivity contribution in [3.63, 3.8) is 0 Å². The number of aromatic nitrogens is 3. The zero-order valence-electron chi connectivity index (χ0n) is 10.6. The summed E-state index contributed by atoms with van der Waals surface area (Å²) in [5, 5.41) is 7.40. The normalized spacial score (nSPS) is 12.6. The molecule has 0 saturated heterocycles. The van der Waals surface area contributed by atoms with Crippen molar-refractivity contribution in [1.82, 2.24) is 20.1 Å². The average molecular weight is 248 g/mol. The molecule has 1 atom stereocenters. The third-order valence-electron chi connectivity index (χ3n) is 2.88. The summed E-state index contributed by atoms with van der Waals surface area (Å²) >= 11 is 0. The molecule has 2 rings (SSSR count). The van der Waals surface area contributed by atoms with E-state index in [4.69, 9.17) is 0 Å². The highest BCUT2D eigenvalue weighted by molar-refractivity contribution is 5.26. The Balaban J connectivity index is 2.39. The van der Waals surface area contributed by atoms with Crippen LogP contribution in [0.4, 0.5) is 4.39 Å². The van der Waals surface area contributed by atoms with Gasteiger partial charge in [0.25, 0.3) is 0 Å². The molecule has 0 saturated carbocycles. The first-order valence-electron chi connectivity index (χ1n) is 6.06. The van der Waals surface area contributed by atoms with Crippen LogP contribution in [0.15, 0.2) is 30.7 Å². The first kappa shape index (κ1) is 12.7. The monoisotopic (exact) mass is 248 g/mol. The molecule has 1 N–H and O–H groups in total. The molecule has 2 aromatic heterocycles. The molecule has 5 heteroatoms. The third kappa shape index (κ3) is 2.41. The van der Waals surface area contributed by atoms with E-state index in [1.807, 2.05) is 17.8 Å². The molecule has 0 bridgehead atoms. The Morgan fingerprint density at radius 3 is 2.89 bits per heavy atom. The average Bonchev–Trinajstić information content (AvgIpc) is 2.82. The lowest BCUT2D eigenvalue weighted by molar-refractivity contribution is 0.514. The molecule has 0 spiro atoms. The van der Waals surface area contributed by atoms with Crippen LogP contribution >= 0.6 is 0 Å². The molecule has 18 heavy (non-hydrogen) atoms. The summed E-state index contributed by atoms with van der Waals surface area (Å²) in [7, 11) is 1.81. The lowest BCUT2D eigenvalue weighted by atomic mass is 10.0. The summed E-state index contributed by atoms with van der Waals surface area (Å²) < 4.78 is 15.7. The van der Waals surface area contributed by atoms with Crippen LogP contribution in [0.5, 0.6) is 0 Å². The molecule has 0 aliphatic heterocycles. The zero-order chi connectivity index (χ0) is 13.0. The van der Waals surface area contributed by atoms with Gasteiger partial charge in [0.2, 0.25) is 0 Å². The van der Waals surface area contributed by atoms with Gasteiger partial charge in [-0.3, -0.25) is 9.67 Å². The number of aryl methyl sites for hydroxylation is 1. The Bertz CT molecular complexity index is 509. The number of nitrogens with one attached hydrogen (secondary N) is 1. The molecule has 4 nitrogen and oxygen atoms in total. The van der Waals surface area contributed by atoms with E-state index in [0.29, 0.717) is 5.56 Å². The minimum absolute atomic E-state index is 0.206. The van der Waals surface area contributed by atoms with Gasteiger partial charge < -0.3 is 5.32 Å².